The fourth-order valence-electron chi connectivity index (χ4n) is 2.85. The van der Waals surface area contributed by atoms with Crippen molar-refractivity contribution in [1.29, 1.82) is 0 Å². The number of nitrogens with zero attached hydrogens (tertiary/aromatic N) is 3. The van der Waals surface area contributed by atoms with Crippen molar-refractivity contribution in [2.75, 3.05) is 19.3 Å². The van der Waals surface area contributed by atoms with Gasteiger partial charge in [0.05, 0.1) is 11.9 Å². The predicted octanol–water partition coefficient (Wildman–Crippen LogP) is 0.772. The van der Waals surface area contributed by atoms with Crippen molar-refractivity contribution >= 4 is 15.9 Å². The van der Waals surface area contributed by atoms with Crippen molar-refractivity contribution in [2.24, 2.45) is 13.0 Å². The van der Waals surface area contributed by atoms with Crippen LogP contribution in [0.4, 0.5) is 0 Å². The molecular weight excluding hydrogens is 316 g/mol. The predicted molar refractivity (Wildman–Crippen MR) is 88.7 cm³/mol. The first kappa shape index (κ1) is 17.9. The molecule has 23 heavy (non-hydrogen) atoms. The molecule has 0 saturated carbocycles. The van der Waals surface area contributed by atoms with Crippen LogP contribution in [0.5, 0.6) is 0 Å². The second-order valence-electron chi connectivity index (χ2n) is 6.65. The van der Waals surface area contributed by atoms with E-state index in [9.17, 15) is 13.2 Å². The van der Waals surface area contributed by atoms with Gasteiger partial charge in [0, 0.05) is 26.2 Å². The Morgan fingerprint density at radius 1 is 1.39 bits per heavy atom. The topological polar surface area (TPSA) is 84.3 Å². The van der Waals surface area contributed by atoms with Crippen LogP contribution in [0, 0.1) is 5.92 Å². The minimum absolute atomic E-state index is 0.00366. The van der Waals surface area contributed by atoms with Gasteiger partial charge in [0.1, 0.15) is 5.69 Å². The Morgan fingerprint density at radius 2 is 2.00 bits per heavy atom. The molecule has 0 bridgehead atoms. The van der Waals surface area contributed by atoms with Gasteiger partial charge in [-0.05, 0) is 31.2 Å². The number of sulfonamides is 1. The lowest BCUT2D eigenvalue weighted by Gasteiger charge is -2.30. The average Bonchev–Trinajstić information content (AvgIpc) is 2.78. The van der Waals surface area contributed by atoms with E-state index in [4.69, 9.17) is 0 Å². The third-order valence-electron chi connectivity index (χ3n) is 4.04. The van der Waals surface area contributed by atoms with Gasteiger partial charge in [0.15, 0.2) is 0 Å². The van der Waals surface area contributed by atoms with E-state index >= 15 is 0 Å². The smallest absolute Gasteiger partial charge is 0.269 e. The summed E-state index contributed by atoms with van der Waals surface area (Å²) in [6.45, 7) is 5.13. The lowest BCUT2D eigenvalue weighted by atomic mass is 10.1. The van der Waals surface area contributed by atoms with E-state index < -0.39 is 10.0 Å². The summed E-state index contributed by atoms with van der Waals surface area (Å²) in [5.41, 5.74) is 1.46. The molecule has 1 N–H and O–H groups in total. The fraction of sp³-hybridized carbons (Fsp3) is 0.733. The zero-order chi connectivity index (χ0) is 17.2. The van der Waals surface area contributed by atoms with Gasteiger partial charge in [-0.25, -0.2) is 12.7 Å². The van der Waals surface area contributed by atoms with E-state index in [-0.39, 0.29) is 11.9 Å². The molecule has 8 heteroatoms. The summed E-state index contributed by atoms with van der Waals surface area (Å²) in [4.78, 5) is 12.4. The molecule has 0 aromatic carbocycles. The van der Waals surface area contributed by atoms with Crippen LogP contribution in [-0.2, 0) is 23.5 Å². The van der Waals surface area contributed by atoms with Gasteiger partial charge in [0.2, 0.25) is 10.0 Å². The minimum atomic E-state index is -3.14. The molecule has 0 aliphatic carbocycles. The first-order chi connectivity index (χ1) is 10.7. The van der Waals surface area contributed by atoms with Gasteiger partial charge in [0.25, 0.3) is 5.91 Å². The number of amides is 1. The van der Waals surface area contributed by atoms with Crippen molar-refractivity contribution in [3.63, 3.8) is 0 Å². The number of carbonyl (C=O) groups excluding carboxylic acids is 1. The molecular formula is C15H26N4O3S. The quantitative estimate of drug-likeness (QED) is 0.857. The number of hydrogen-bond donors (Lipinski definition) is 1. The highest BCUT2D eigenvalue weighted by Crippen LogP contribution is 2.14. The average molecular weight is 342 g/mol. The summed E-state index contributed by atoms with van der Waals surface area (Å²) < 4.78 is 26.1. The Morgan fingerprint density at radius 3 is 2.52 bits per heavy atom. The summed E-state index contributed by atoms with van der Waals surface area (Å²) in [6, 6.07) is 1.84. The summed E-state index contributed by atoms with van der Waals surface area (Å²) in [5.74, 6) is 0.342. The monoisotopic (exact) mass is 342 g/mol. The zero-order valence-electron chi connectivity index (χ0n) is 14.2. The molecule has 1 aliphatic rings. The molecule has 1 amide bonds. The summed E-state index contributed by atoms with van der Waals surface area (Å²) in [5, 5.41) is 7.37. The van der Waals surface area contributed by atoms with E-state index in [0.29, 0.717) is 37.5 Å². The van der Waals surface area contributed by atoms with E-state index in [1.165, 1.54) is 10.6 Å². The van der Waals surface area contributed by atoms with Crippen molar-refractivity contribution in [2.45, 2.75) is 39.2 Å². The van der Waals surface area contributed by atoms with Crippen LogP contribution >= 0.6 is 0 Å². The number of rotatable bonds is 5. The Labute approximate surface area is 138 Å². The normalized spacial score (nSPS) is 17.6. The Bertz CT molecular complexity index is 658. The molecule has 2 rings (SSSR count). The first-order valence-corrected chi connectivity index (χ1v) is 9.80. The van der Waals surface area contributed by atoms with Crippen LogP contribution in [0.2, 0.25) is 0 Å². The standard InChI is InChI=1S/C15H26N4O3S/c1-11(2)9-13-10-14(18(3)17-13)15(20)16-12-5-7-19(8-6-12)23(4,21)22/h10-12H,5-9H2,1-4H3,(H,16,20). The second kappa shape index (κ2) is 7.00. The number of piperidine rings is 1. The van der Waals surface area contributed by atoms with E-state index in [1.54, 1.807) is 11.7 Å². The van der Waals surface area contributed by atoms with E-state index in [0.717, 1.165) is 12.1 Å². The highest BCUT2D eigenvalue weighted by molar-refractivity contribution is 7.88. The maximum Gasteiger partial charge on any atom is 0.269 e. The van der Waals surface area contributed by atoms with E-state index in [2.05, 4.69) is 24.3 Å². The number of aromatic nitrogens is 2. The van der Waals surface area contributed by atoms with Gasteiger partial charge < -0.3 is 5.32 Å². The van der Waals surface area contributed by atoms with Crippen molar-refractivity contribution in [3.8, 4) is 0 Å². The zero-order valence-corrected chi connectivity index (χ0v) is 15.1. The molecule has 1 aliphatic heterocycles. The van der Waals surface area contributed by atoms with E-state index in [1.807, 2.05) is 6.07 Å². The molecule has 7 nitrogen and oxygen atoms in total. The minimum Gasteiger partial charge on any atom is -0.348 e. The Kier molecular flexibility index (Phi) is 5.46. The van der Waals surface area contributed by atoms with Crippen LogP contribution < -0.4 is 5.32 Å². The van der Waals surface area contributed by atoms with Crippen LogP contribution in [-0.4, -0.2) is 53.8 Å². The number of nitrogens with one attached hydrogen (secondary N) is 1. The van der Waals surface area contributed by atoms with Crippen LogP contribution in [0.3, 0.4) is 0 Å². The van der Waals surface area contributed by atoms with Crippen molar-refractivity contribution in [3.05, 3.63) is 17.5 Å². The second-order valence-corrected chi connectivity index (χ2v) is 8.63. The lowest BCUT2D eigenvalue weighted by Crippen LogP contribution is -2.46. The number of hydrogen-bond acceptors (Lipinski definition) is 4. The molecule has 130 valence electrons. The molecule has 1 aromatic heterocycles. The van der Waals surface area contributed by atoms with Crippen LogP contribution in [0.25, 0.3) is 0 Å². The molecule has 0 spiro atoms. The number of carbonyl (C=O) groups is 1. The summed E-state index contributed by atoms with van der Waals surface area (Å²) >= 11 is 0. The fourth-order valence-corrected chi connectivity index (χ4v) is 3.72. The largest absolute Gasteiger partial charge is 0.348 e. The SMILES string of the molecule is CC(C)Cc1cc(C(=O)NC2CCN(S(C)(=O)=O)CC2)n(C)n1. The molecule has 1 aromatic rings. The third-order valence-corrected chi connectivity index (χ3v) is 5.34. The molecule has 0 unspecified atom stereocenters. The molecule has 1 fully saturated rings. The van der Waals surface area contributed by atoms with Gasteiger partial charge in [-0.3, -0.25) is 9.48 Å². The van der Waals surface area contributed by atoms with Gasteiger partial charge in [-0.2, -0.15) is 5.10 Å². The highest BCUT2D eigenvalue weighted by atomic mass is 32.2. The van der Waals surface area contributed by atoms with Gasteiger partial charge in [-0.15, -0.1) is 0 Å². The Hall–Kier alpha value is -1.41. The molecule has 0 atom stereocenters. The lowest BCUT2D eigenvalue weighted by molar-refractivity contribution is 0.0914. The van der Waals surface area contributed by atoms with Crippen molar-refractivity contribution < 1.29 is 13.2 Å². The maximum atomic E-state index is 12.4. The maximum absolute atomic E-state index is 12.4. The molecule has 1 saturated heterocycles. The summed E-state index contributed by atoms with van der Waals surface area (Å²) in [6.07, 6.45) is 3.33. The number of aryl methyl sites for hydroxylation is 1. The summed E-state index contributed by atoms with van der Waals surface area (Å²) in [7, 11) is -1.37. The molecule has 2 heterocycles. The van der Waals surface area contributed by atoms with Crippen LogP contribution in [0.15, 0.2) is 6.07 Å². The molecule has 0 radical (unpaired) electrons. The van der Waals surface area contributed by atoms with Gasteiger partial charge >= 0.3 is 0 Å². The first-order valence-electron chi connectivity index (χ1n) is 7.95. The Balaban J connectivity index is 1.94. The highest BCUT2D eigenvalue weighted by Gasteiger charge is 2.26. The van der Waals surface area contributed by atoms with Crippen LogP contribution in [0.1, 0.15) is 42.9 Å². The van der Waals surface area contributed by atoms with Crippen molar-refractivity contribution in [1.82, 2.24) is 19.4 Å². The van der Waals surface area contributed by atoms with Gasteiger partial charge in [-0.1, -0.05) is 13.8 Å². The third kappa shape index (κ3) is 4.78.